The van der Waals surface area contributed by atoms with Crippen LogP contribution in [0.15, 0.2) is 0 Å². The van der Waals surface area contributed by atoms with E-state index in [1.54, 1.807) is 32.5 Å². The first-order valence-electron chi connectivity index (χ1n) is 11.1. The first-order chi connectivity index (χ1) is 14.2. The molecule has 1 saturated heterocycles. The van der Waals surface area contributed by atoms with Gasteiger partial charge in [-0.1, -0.05) is 19.3 Å². The van der Waals surface area contributed by atoms with Crippen molar-refractivity contribution in [1.29, 1.82) is 0 Å². The lowest BCUT2D eigenvalue weighted by molar-refractivity contribution is -0.142. The van der Waals surface area contributed by atoms with Gasteiger partial charge in [0.05, 0.1) is 7.11 Å². The second kappa shape index (κ2) is 11.8. The molecule has 0 aromatic carbocycles. The predicted octanol–water partition coefficient (Wildman–Crippen LogP) is 3.75. The predicted molar refractivity (Wildman–Crippen MR) is 118 cm³/mol. The lowest BCUT2D eigenvalue weighted by Crippen LogP contribution is -2.46. The SMILES string of the molecule is COC(=O)[C@H](CSC[C@H]1CCCN1C(=O)CC1CCCCC1)NC(=O)OC(C)(C)C. The molecule has 1 aliphatic heterocycles. The zero-order valence-corrected chi connectivity index (χ0v) is 19.7. The number of hydrogen-bond donors (Lipinski definition) is 1. The van der Waals surface area contributed by atoms with E-state index in [2.05, 4.69) is 5.32 Å². The first kappa shape index (κ1) is 24.8. The Kier molecular flexibility index (Phi) is 9.78. The monoisotopic (exact) mass is 442 g/mol. The molecule has 7 nitrogen and oxygen atoms in total. The molecule has 0 radical (unpaired) electrons. The van der Waals surface area contributed by atoms with Gasteiger partial charge in [-0.2, -0.15) is 11.8 Å². The third-order valence-electron chi connectivity index (χ3n) is 5.66. The summed E-state index contributed by atoms with van der Waals surface area (Å²) in [6.07, 6.45) is 8.20. The number of likely N-dealkylation sites (tertiary alicyclic amines) is 1. The highest BCUT2D eigenvalue weighted by atomic mass is 32.2. The average molecular weight is 443 g/mol. The molecule has 1 saturated carbocycles. The minimum absolute atomic E-state index is 0.200. The van der Waals surface area contributed by atoms with Crippen LogP contribution in [0.25, 0.3) is 0 Å². The molecule has 2 aliphatic rings. The second-order valence-corrected chi connectivity index (χ2v) is 10.4. The van der Waals surface area contributed by atoms with Gasteiger partial charge in [0.25, 0.3) is 0 Å². The molecular formula is C22H38N2O5S. The Hall–Kier alpha value is -1.44. The molecule has 0 unspecified atom stereocenters. The number of nitrogens with zero attached hydrogens (tertiary/aromatic N) is 1. The first-order valence-corrected chi connectivity index (χ1v) is 12.3. The van der Waals surface area contributed by atoms with Gasteiger partial charge in [-0.15, -0.1) is 0 Å². The maximum absolute atomic E-state index is 12.8. The minimum atomic E-state index is -0.775. The highest BCUT2D eigenvalue weighted by Gasteiger charge is 2.31. The third kappa shape index (κ3) is 8.36. The van der Waals surface area contributed by atoms with E-state index in [1.807, 2.05) is 4.90 Å². The number of amides is 2. The normalized spacial score (nSPS) is 21.2. The second-order valence-electron chi connectivity index (χ2n) is 9.35. The van der Waals surface area contributed by atoms with E-state index in [1.165, 1.54) is 39.2 Å². The fourth-order valence-electron chi connectivity index (χ4n) is 4.18. The molecule has 0 aromatic heterocycles. The van der Waals surface area contributed by atoms with E-state index >= 15 is 0 Å². The lowest BCUT2D eigenvalue weighted by Gasteiger charge is -2.28. The summed E-state index contributed by atoms with van der Waals surface area (Å²) in [4.78, 5) is 39.0. The van der Waals surface area contributed by atoms with Gasteiger partial charge in [0.2, 0.25) is 5.91 Å². The minimum Gasteiger partial charge on any atom is -0.467 e. The molecule has 30 heavy (non-hydrogen) atoms. The zero-order chi connectivity index (χ0) is 22.1. The fourth-order valence-corrected chi connectivity index (χ4v) is 5.39. The Balaban J connectivity index is 1.81. The number of esters is 1. The molecule has 2 amide bonds. The highest BCUT2D eigenvalue weighted by molar-refractivity contribution is 7.99. The van der Waals surface area contributed by atoms with Crippen molar-refractivity contribution in [3.05, 3.63) is 0 Å². The number of carbonyl (C=O) groups is 3. The fraction of sp³-hybridized carbons (Fsp3) is 0.864. The van der Waals surface area contributed by atoms with Crippen molar-refractivity contribution in [1.82, 2.24) is 10.2 Å². The molecule has 8 heteroatoms. The molecule has 1 aliphatic carbocycles. The van der Waals surface area contributed by atoms with Gasteiger partial charge < -0.3 is 19.7 Å². The highest BCUT2D eigenvalue weighted by Crippen LogP contribution is 2.29. The van der Waals surface area contributed by atoms with Gasteiger partial charge in [0.1, 0.15) is 11.6 Å². The van der Waals surface area contributed by atoms with Crippen LogP contribution in [0.5, 0.6) is 0 Å². The van der Waals surface area contributed by atoms with Crippen molar-refractivity contribution in [2.75, 3.05) is 25.2 Å². The van der Waals surface area contributed by atoms with Crippen LogP contribution < -0.4 is 5.32 Å². The van der Waals surface area contributed by atoms with E-state index in [0.29, 0.717) is 18.1 Å². The summed E-state index contributed by atoms with van der Waals surface area (Å²) in [7, 11) is 1.30. The van der Waals surface area contributed by atoms with Gasteiger partial charge in [0, 0.05) is 30.5 Å². The summed E-state index contributed by atoms with van der Waals surface area (Å²) in [5.74, 6) is 1.46. The summed E-state index contributed by atoms with van der Waals surface area (Å²) in [5.41, 5.74) is -0.638. The van der Waals surface area contributed by atoms with E-state index in [-0.39, 0.29) is 11.9 Å². The Morgan fingerprint density at radius 2 is 1.80 bits per heavy atom. The van der Waals surface area contributed by atoms with Gasteiger partial charge in [-0.05, 0) is 52.4 Å². The van der Waals surface area contributed by atoms with Crippen molar-refractivity contribution < 1.29 is 23.9 Å². The van der Waals surface area contributed by atoms with Crippen LogP contribution in [0.1, 0.15) is 72.1 Å². The summed E-state index contributed by atoms with van der Waals surface area (Å²) in [6.45, 7) is 6.14. The largest absolute Gasteiger partial charge is 0.467 e. The Bertz CT molecular complexity index is 587. The molecule has 1 N–H and O–H groups in total. The van der Waals surface area contributed by atoms with Gasteiger partial charge in [-0.3, -0.25) is 4.79 Å². The molecule has 2 atom stereocenters. The van der Waals surface area contributed by atoms with Crippen molar-refractivity contribution >= 4 is 29.7 Å². The van der Waals surface area contributed by atoms with Gasteiger partial charge in [0.15, 0.2) is 0 Å². The van der Waals surface area contributed by atoms with Crippen LogP contribution in [0.4, 0.5) is 4.79 Å². The van der Waals surface area contributed by atoms with Crippen LogP contribution in [0, 0.1) is 5.92 Å². The molecular weight excluding hydrogens is 404 g/mol. The summed E-state index contributed by atoms with van der Waals surface area (Å²) >= 11 is 1.56. The van der Waals surface area contributed by atoms with Crippen LogP contribution in [-0.2, 0) is 19.1 Å². The molecule has 0 bridgehead atoms. The van der Waals surface area contributed by atoms with Crippen molar-refractivity contribution in [3.8, 4) is 0 Å². The molecule has 2 rings (SSSR count). The molecule has 2 fully saturated rings. The van der Waals surface area contributed by atoms with Gasteiger partial charge >= 0.3 is 12.1 Å². The van der Waals surface area contributed by atoms with Crippen molar-refractivity contribution in [3.63, 3.8) is 0 Å². The number of ether oxygens (including phenoxy) is 2. The number of nitrogens with one attached hydrogen (secondary N) is 1. The average Bonchev–Trinajstić information content (AvgIpc) is 3.14. The smallest absolute Gasteiger partial charge is 0.408 e. The zero-order valence-electron chi connectivity index (χ0n) is 18.9. The van der Waals surface area contributed by atoms with Crippen LogP contribution in [0.3, 0.4) is 0 Å². The van der Waals surface area contributed by atoms with E-state index < -0.39 is 23.7 Å². The topological polar surface area (TPSA) is 84.9 Å². The molecule has 172 valence electrons. The standard InChI is InChI=1S/C22H38N2O5S/c1-22(2,3)29-21(27)23-18(20(26)28-4)15-30-14-17-11-8-12-24(17)19(25)13-16-9-6-5-7-10-16/h16-18H,5-15H2,1-4H3,(H,23,27)/t17-,18+/m1/s1. The Labute approximate surface area is 185 Å². The number of carbonyl (C=O) groups excluding carboxylic acids is 3. The number of hydrogen-bond acceptors (Lipinski definition) is 6. The van der Waals surface area contributed by atoms with E-state index in [9.17, 15) is 14.4 Å². The number of methoxy groups -OCH3 is 1. The van der Waals surface area contributed by atoms with Crippen LogP contribution >= 0.6 is 11.8 Å². The maximum atomic E-state index is 12.8. The van der Waals surface area contributed by atoms with Crippen LogP contribution in [-0.4, -0.2) is 65.7 Å². The number of rotatable bonds is 8. The third-order valence-corrected chi connectivity index (χ3v) is 6.85. The van der Waals surface area contributed by atoms with Crippen LogP contribution in [0.2, 0.25) is 0 Å². The lowest BCUT2D eigenvalue weighted by atomic mass is 9.86. The van der Waals surface area contributed by atoms with Gasteiger partial charge in [-0.25, -0.2) is 9.59 Å². The molecule has 0 spiro atoms. The van der Waals surface area contributed by atoms with Crippen molar-refractivity contribution in [2.45, 2.75) is 89.8 Å². The maximum Gasteiger partial charge on any atom is 0.408 e. The quantitative estimate of drug-likeness (QED) is 0.576. The van der Waals surface area contributed by atoms with Crippen molar-refractivity contribution in [2.24, 2.45) is 5.92 Å². The van der Waals surface area contributed by atoms with E-state index in [4.69, 9.17) is 9.47 Å². The van der Waals surface area contributed by atoms with E-state index in [0.717, 1.165) is 25.1 Å². The Morgan fingerprint density at radius 1 is 1.10 bits per heavy atom. The molecule has 1 heterocycles. The summed E-state index contributed by atoms with van der Waals surface area (Å²) in [5, 5.41) is 2.60. The summed E-state index contributed by atoms with van der Waals surface area (Å²) < 4.78 is 10.1. The molecule has 0 aromatic rings. The number of thioether (sulfide) groups is 1. The Morgan fingerprint density at radius 3 is 2.43 bits per heavy atom. The number of alkyl carbamates (subject to hydrolysis) is 1. The summed E-state index contributed by atoms with van der Waals surface area (Å²) in [6, 6.07) is -0.575.